The van der Waals surface area contributed by atoms with Crippen LogP contribution in [0.15, 0.2) is 5.16 Å². The van der Waals surface area contributed by atoms with Crippen molar-refractivity contribution in [3.8, 4) is 0 Å². The van der Waals surface area contributed by atoms with Gasteiger partial charge in [-0.05, 0) is 62.4 Å². The first-order valence-corrected chi connectivity index (χ1v) is 9.64. The molecular weight excluding hydrogens is 298 g/mol. The quantitative estimate of drug-likeness (QED) is 0.311. The van der Waals surface area contributed by atoms with Crippen molar-refractivity contribution in [2.45, 2.75) is 51.9 Å². The zero-order chi connectivity index (χ0) is 15.8. The van der Waals surface area contributed by atoms with E-state index in [0.29, 0.717) is 37.7 Å². The van der Waals surface area contributed by atoms with Gasteiger partial charge in [0, 0.05) is 19.1 Å². The summed E-state index contributed by atoms with van der Waals surface area (Å²) >= 11 is 1.97. The van der Waals surface area contributed by atoms with E-state index in [1.54, 1.807) is 6.21 Å². The van der Waals surface area contributed by atoms with E-state index in [-0.39, 0.29) is 17.5 Å². The predicted octanol–water partition coefficient (Wildman–Crippen LogP) is 3.49. The standard InChI is InChI=1S/C17H27NO3S/c1-2-21-18-8-4-3-7-15-16(19)10-14(11-17(15)20)13-6-5-9-22-12-13/h8,13-15H,2-7,9-12H2,1H3. The molecule has 1 aliphatic carbocycles. The van der Waals surface area contributed by atoms with Gasteiger partial charge in [0.25, 0.3) is 0 Å². The Kier molecular flexibility index (Phi) is 7.43. The summed E-state index contributed by atoms with van der Waals surface area (Å²) in [5.41, 5.74) is 0. The molecule has 2 aliphatic rings. The number of Topliss-reactive ketones (excluding diaryl/α,β-unsaturated/α-hetero) is 2. The Hall–Kier alpha value is -0.840. The number of unbranched alkanes of at least 4 members (excludes halogenated alkanes) is 1. The van der Waals surface area contributed by atoms with Crippen LogP contribution in [0.2, 0.25) is 0 Å². The maximum Gasteiger partial charge on any atom is 0.143 e. The molecule has 0 bridgehead atoms. The molecule has 0 aromatic heterocycles. The van der Waals surface area contributed by atoms with Crippen LogP contribution in [0.3, 0.4) is 0 Å². The molecule has 2 rings (SSSR count). The van der Waals surface area contributed by atoms with Gasteiger partial charge in [-0.25, -0.2) is 0 Å². The summed E-state index contributed by atoms with van der Waals surface area (Å²) in [5, 5.41) is 3.79. The number of oxime groups is 1. The summed E-state index contributed by atoms with van der Waals surface area (Å²) in [6, 6.07) is 0. The second-order valence-electron chi connectivity index (χ2n) is 6.27. The summed E-state index contributed by atoms with van der Waals surface area (Å²) in [6.07, 6.45) is 7.64. The monoisotopic (exact) mass is 325 g/mol. The van der Waals surface area contributed by atoms with Crippen molar-refractivity contribution in [2.75, 3.05) is 18.1 Å². The van der Waals surface area contributed by atoms with Crippen molar-refractivity contribution in [3.05, 3.63) is 0 Å². The van der Waals surface area contributed by atoms with Gasteiger partial charge in [0.15, 0.2) is 0 Å². The number of nitrogens with zero attached hydrogens (tertiary/aromatic N) is 1. The number of hydrogen-bond donors (Lipinski definition) is 0. The van der Waals surface area contributed by atoms with E-state index in [1.807, 2.05) is 18.7 Å². The topological polar surface area (TPSA) is 55.7 Å². The molecule has 4 nitrogen and oxygen atoms in total. The van der Waals surface area contributed by atoms with Crippen LogP contribution in [-0.2, 0) is 14.4 Å². The third-order valence-electron chi connectivity index (χ3n) is 4.67. The lowest BCUT2D eigenvalue weighted by Gasteiger charge is -2.34. The first-order chi connectivity index (χ1) is 10.7. The Balaban J connectivity index is 1.75. The number of rotatable bonds is 7. The highest BCUT2D eigenvalue weighted by Gasteiger charge is 2.38. The third kappa shape index (κ3) is 5.11. The van der Waals surface area contributed by atoms with Crippen molar-refractivity contribution in [1.82, 2.24) is 0 Å². The molecule has 1 heterocycles. The maximum atomic E-state index is 12.3. The summed E-state index contributed by atoms with van der Waals surface area (Å²) in [7, 11) is 0. The van der Waals surface area contributed by atoms with Crippen LogP contribution < -0.4 is 0 Å². The minimum atomic E-state index is -0.354. The van der Waals surface area contributed by atoms with Crippen molar-refractivity contribution in [3.63, 3.8) is 0 Å². The highest BCUT2D eigenvalue weighted by atomic mass is 32.2. The molecule has 124 valence electrons. The molecule has 1 aliphatic heterocycles. The van der Waals surface area contributed by atoms with Crippen LogP contribution in [0, 0.1) is 17.8 Å². The van der Waals surface area contributed by atoms with Crippen LogP contribution in [0.25, 0.3) is 0 Å². The van der Waals surface area contributed by atoms with Gasteiger partial charge in [-0.15, -0.1) is 0 Å². The molecule has 0 aromatic carbocycles. The lowest BCUT2D eigenvalue weighted by atomic mass is 9.72. The summed E-state index contributed by atoms with van der Waals surface area (Å²) in [5.74, 6) is 3.25. The van der Waals surface area contributed by atoms with Crippen LogP contribution >= 0.6 is 11.8 Å². The van der Waals surface area contributed by atoms with E-state index in [0.717, 1.165) is 18.6 Å². The number of thioether (sulfide) groups is 1. The summed E-state index contributed by atoms with van der Waals surface area (Å²) < 4.78 is 0. The molecule has 0 spiro atoms. The minimum absolute atomic E-state index is 0.179. The fourth-order valence-corrected chi connectivity index (χ4v) is 4.72. The van der Waals surface area contributed by atoms with Gasteiger partial charge < -0.3 is 4.84 Å². The van der Waals surface area contributed by atoms with E-state index < -0.39 is 0 Å². The Bertz CT molecular complexity index is 387. The van der Waals surface area contributed by atoms with Gasteiger partial charge in [-0.1, -0.05) is 5.16 Å². The fourth-order valence-electron chi connectivity index (χ4n) is 3.44. The fraction of sp³-hybridized carbons (Fsp3) is 0.824. The predicted molar refractivity (Wildman–Crippen MR) is 90.2 cm³/mol. The zero-order valence-electron chi connectivity index (χ0n) is 13.5. The van der Waals surface area contributed by atoms with E-state index in [9.17, 15) is 9.59 Å². The van der Waals surface area contributed by atoms with Crippen LogP contribution in [0.1, 0.15) is 51.9 Å². The Morgan fingerprint density at radius 2 is 2.05 bits per heavy atom. The minimum Gasteiger partial charge on any atom is -0.396 e. The lowest BCUT2D eigenvalue weighted by molar-refractivity contribution is -0.138. The Morgan fingerprint density at radius 3 is 2.68 bits per heavy atom. The number of ketones is 2. The second-order valence-corrected chi connectivity index (χ2v) is 7.42. The second kappa shape index (κ2) is 9.33. The van der Waals surface area contributed by atoms with E-state index in [2.05, 4.69) is 5.16 Å². The third-order valence-corrected chi connectivity index (χ3v) is 5.91. The van der Waals surface area contributed by atoms with Gasteiger partial charge in [0.2, 0.25) is 0 Å². The van der Waals surface area contributed by atoms with Crippen molar-refractivity contribution < 1.29 is 14.4 Å². The molecule has 0 N–H and O–H groups in total. The molecule has 1 saturated carbocycles. The SMILES string of the molecule is CCON=CCCCC1C(=O)CC(C2CCCSC2)CC1=O. The van der Waals surface area contributed by atoms with Crippen LogP contribution in [-0.4, -0.2) is 35.9 Å². The largest absolute Gasteiger partial charge is 0.396 e. The molecule has 0 aromatic rings. The normalized spacial score (nSPS) is 30.0. The van der Waals surface area contributed by atoms with Crippen LogP contribution in [0.5, 0.6) is 0 Å². The molecule has 22 heavy (non-hydrogen) atoms. The van der Waals surface area contributed by atoms with Crippen molar-refractivity contribution in [2.24, 2.45) is 22.9 Å². The molecular formula is C17H27NO3S. The molecule has 1 atom stereocenters. The first kappa shape index (κ1) is 17.5. The maximum absolute atomic E-state index is 12.3. The zero-order valence-corrected chi connectivity index (χ0v) is 14.3. The summed E-state index contributed by atoms with van der Waals surface area (Å²) in [4.78, 5) is 29.6. The Morgan fingerprint density at radius 1 is 1.27 bits per heavy atom. The van der Waals surface area contributed by atoms with Crippen LogP contribution in [0.4, 0.5) is 0 Å². The lowest BCUT2D eigenvalue weighted by Crippen LogP contribution is -2.37. The average Bonchev–Trinajstić information content (AvgIpc) is 2.53. The highest BCUT2D eigenvalue weighted by Crippen LogP contribution is 2.37. The van der Waals surface area contributed by atoms with E-state index in [4.69, 9.17) is 4.84 Å². The van der Waals surface area contributed by atoms with Gasteiger partial charge in [-0.3, -0.25) is 9.59 Å². The van der Waals surface area contributed by atoms with E-state index in [1.165, 1.54) is 18.6 Å². The highest BCUT2D eigenvalue weighted by molar-refractivity contribution is 7.99. The van der Waals surface area contributed by atoms with Gasteiger partial charge in [0.1, 0.15) is 18.2 Å². The summed E-state index contributed by atoms with van der Waals surface area (Å²) in [6.45, 7) is 2.45. The Labute approximate surface area is 137 Å². The van der Waals surface area contributed by atoms with Gasteiger partial charge >= 0.3 is 0 Å². The van der Waals surface area contributed by atoms with Crippen molar-refractivity contribution in [1.29, 1.82) is 0 Å². The molecule has 0 amide bonds. The number of carbonyl (C=O) groups is 2. The molecule has 5 heteroatoms. The van der Waals surface area contributed by atoms with Gasteiger partial charge in [0.05, 0.1) is 5.92 Å². The van der Waals surface area contributed by atoms with E-state index >= 15 is 0 Å². The number of hydrogen-bond acceptors (Lipinski definition) is 5. The van der Waals surface area contributed by atoms with Gasteiger partial charge in [-0.2, -0.15) is 11.8 Å². The van der Waals surface area contributed by atoms with Crippen molar-refractivity contribution >= 4 is 29.5 Å². The smallest absolute Gasteiger partial charge is 0.143 e. The molecule has 0 radical (unpaired) electrons. The first-order valence-electron chi connectivity index (χ1n) is 8.49. The molecule has 1 unspecified atom stereocenters. The average molecular weight is 325 g/mol. The molecule has 1 saturated heterocycles. The molecule has 2 fully saturated rings. The number of carbonyl (C=O) groups excluding carboxylic acids is 2.